The molecular formula is C14H15NOS2. The van der Waals surface area contributed by atoms with Crippen LogP contribution in [0.4, 0.5) is 0 Å². The standard InChI is InChI=1S/C14H15NOS2/c1-9-10(2)16-14(15-9)17-8-12-7-11-5-3-4-6-13(11)18-12/h3-6,12H,7-8H2,1-2H3. The lowest BCUT2D eigenvalue weighted by atomic mass is 10.1. The summed E-state index contributed by atoms with van der Waals surface area (Å²) in [4.78, 5) is 5.84. The number of hydrogen-bond acceptors (Lipinski definition) is 4. The fraction of sp³-hybridized carbons (Fsp3) is 0.357. The van der Waals surface area contributed by atoms with Crippen molar-refractivity contribution in [1.29, 1.82) is 0 Å². The summed E-state index contributed by atoms with van der Waals surface area (Å²) in [6, 6.07) is 8.68. The van der Waals surface area contributed by atoms with Crippen LogP contribution in [0.2, 0.25) is 0 Å². The zero-order chi connectivity index (χ0) is 12.5. The molecule has 1 aromatic heterocycles. The summed E-state index contributed by atoms with van der Waals surface area (Å²) in [5.41, 5.74) is 2.48. The third kappa shape index (κ3) is 2.45. The summed E-state index contributed by atoms with van der Waals surface area (Å²) in [5.74, 6) is 1.98. The maximum absolute atomic E-state index is 5.59. The maximum atomic E-state index is 5.59. The second-order valence-electron chi connectivity index (χ2n) is 4.48. The van der Waals surface area contributed by atoms with Gasteiger partial charge in [-0.1, -0.05) is 30.0 Å². The van der Waals surface area contributed by atoms with Gasteiger partial charge in [0.1, 0.15) is 5.76 Å². The van der Waals surface area contributed by atoms with Crippen LogP contribution in [-0.2, 0) is 6.42 Å². The van der Waals surface area contributed by atoms with Crippen LogP contribution >= 0.6 is 23.5 Å². The lowest BCUT2D eigenvalue weighted by molar-refractivity contribution is 0.431. The summed E-state index contributed by atoms with van der Waals surface area (Å²) in [6.07, 6.45) is 1.16. The molecule has 0 spiro atoms. The molecule has 0 saturated carbocycles. The quantitative estimate of drug-likeness (QED) is 0.789. The van der Waals surface area contributed by atoms with Crippen LogP contribution in [0.25, 0.3) is 0 Å². The Bertz CT molecular complexity index is 520. The largest absolute Gasteiger partial charge is 0.437 e. The number of hydrogen-bond donors (Lipinski definition) is 0. The highest BCUT2D eigenvalue weighted by Crippen LogP contribution is 2.39. The van der Waals surface area contributed by atoms with E-state index in [1.807, 2.05) is 25.6 Å². The maximum Gasteiger partial charge on any atom is 0.256 e. The Morgan fingerprint density at radius 3 is 2.94 bits per heavy atom. The van der Waals surface area contributed by atoms with Gasteiger partial charge in [-0.25, -0.2) is 4.98 Å². The Morgan fingerprint density at radius 1 is 1.39 bits per heavy atom. The van der Waals surface area contributed by atoms with Crippen LogP contribution in [0.15, 0.2) is 38.8 Å². The van der Waals surface area contributed by atoms with Crippen molar-refractivity contribution in [2.24, 2.45) is 0 Å². The number of oxazole rings is 1. The molecule has 1 aromatic carbocycles. The van der Waals surface area contributed by atoms with Crippen molar-refractivity contribution in [3.05, 3.63) is 41.3 Å². The van der Waals surface area contributed by atoms with Gasteiger partial charge in [0.2, 0.25) is 0 Å². The highest BCUT2D eigenvalue weighted by atomic mass is 32.2. The van der Waals surface area contributed by atoms with Crippen molar-refractivity contribution >= 4 is 23.5 Å². The molecule has 1 aliphatic heterocycles. The molecule has 0 radical (unpaired) electrons. The smallest absolute Gasteiger partial charge is 0.256 e. The second kappa shape index (κ2) is 5.02. The van der Waals surface area contributed by atoms with Crippen LogP contribution < -0.4 is 0 Å². The van der Waals surface area contributed by atoms with Crippen molar-refractivity contribution < 1.29 is 4.42 Å². The third-order valence-corrected chi connectivity index (χ3v) is 5.64. The molecular weight excluding hydrogens is 262 g/mol. The average molecular weight is 277 g/mol. The number of fused-ring (bicyclic) bond motifs is 1. The number of nitrogens with zero attached hydrogens (tertiary/aromatic N) is 1. The Kier molecular flexibility index (Phi) is 3.39. The zero-order valence-electron chi connectivity index (χ0n) is 10.5. The molecule has 0 aliphatic carbocycles. The first kappa shape index (κ1) is 12.2. The minimum Gasteiger partial charge on any atom is -0.437 e. The molecule has 2 nitrogen and oxygen atoms in total. The Balaban J connectivity index is 1.60. The van der Waals surface area contributed by atoms with E-state index in [0.29, 0.717) is 5.25 Å². The first-order valence-corrected chi connectivity index (χ1v) is 7.90. The van der Waals surface area contributed by atoms with Crippen LogP contribution in [-0.4, -0.2) is 16.0 Å². The molecule has 2 aromatic rings. The SMILES string of the molecule is Cc1nc(SCC2Cc3ccccc3S2)oc1C. The van der Waals surface area contributed by atoms with Crippen LogP contribution in [0, 0.1) is 13.8 Å². The van der Waals surface area contributed by atoms with Gasteiger partial charge in [-0.05, 0) is 31.9 Å². The van der Waals surface area contributed by atoms with Gasteiger partial charge in [-0.15, -0.1) is 11.8 Å². The van der Waals surface area contributed by atoms with E-state index >= 15 is 0 Å². The minimum absolute atomic E-state index is 0.639. The van der Waals surface area contributed by atoms with E-state index in [1.54, 1.807) is 11.8 Å². The number of aromatic nitrogens is 1. The predicted molar refractivity (Wildman–Crippen MR) is 76.5 cm³/mol. The molecule has 0 N–H and O–H groups in total. The number of thioether (sulfide) groups is 2. The van der Waals surface area contributed by atoms with Crippen molar-refractivity contribution in [1.82, 2.24) is 4.98 Å². The molecule has 4 heteroatoms. The Morgan fingerprint density at radius 2 is 2.22 bits per heavy atom. The molecule has 0 fully saturated rings. The fourth-order valence-corrected chi connectivity index (χ4v) is 4.41. The van der Waals surface area contributed by atoms with Gasteiger partial charge >= 0.3 is 0 Å². The number of benzene rings is 1. The fourth-order valence-electron chi connectivity index (χ4n) is 2.02. The molecule has 94 valence electrons. The van der Waals surface area contributed by atoms with Gasteiger partial charge in [0.05, 0.1) is 5.69 Å². The highest BCUT2D eigenvalue weighted by Gasteiger charge is 2.22. The van der Waals surface area contributed by atoms with E-state index in [4.69, 9.17) is 4.42 Å². The van der Waals surface area contributed by atoms with Crippen molar-refractivity contribution in [3.8, 4) is 0 Å². The topological polar surface area (TPSA) is 26.0 Å². The first-order chi connectivity index (χ1) is 8.72. The number of aryl methyl sites for hydroxylation is 2. The van der Waals surface area contributed by atoms with Crippen molar-refractivity contribution in [2.45, 2.75) is 35.6 Å². The van der Waals surface area contributed by atoms with E-state index < -0.39 is 0 Å². The first-order valence-electron chi connectivity index (χ1n) is 6.04. The summed E-state index contributed by atoms with van der Waals surface area (Å²) in [7, 11) is 0. The highest BCUT2D eigenvalue weighted by molar-refractivity contribution is 8.03. The third-order valence-electron chi connectivity index (χ3n) is 3.12. The molecule has 2 heterocycles. The van der Waals surface area contributed by atoms with Gasteiger partial charge in [0, 0.05) is 15.9 Å². The molecule has 18 heavy (non-hydrogen) atoms. The summed E-state index contributed by atoms with van der Waals surface area (Å²) >= 11 is 3.70. The van der Waals surface area contributed by atoms with Gasteiger partial charge in [0.15, 0.2) is 0 Å². The molecule has 1 unspecified atom stereocenters. The van der Waals surface area contributed by atoms with Crippen LogP contribution in [0.5, 0.6) is 0 Å². The molecule has 1 aliphatic rings. The summed E-state index contributed by atoms with van der Waals surface area (Å²) in [5, 5.41) is 1.45. The monoisotopic (exact) mass is 277 g/mol. The number of rotatable bonds is 3. The second-order valence-corrected chi connectivity index (χ2v) is 6.80. The molecule has 0 bridgehead atoms. The van der Waals surface area contributed by atoms with E-state index in [-0.39, 0.29) is 0 Å². The van der Waals surface area contributed by atoms with E-state index in [2.05, 4.69) is 29.2 Å². The normalized spacial score (nSPS) is 18.0. The van der Waals surface area contributed by atoms with Gasteiger partial charge < -0.3 is 4.42 Å². The van der Waals surface area contributed by atoms with E-state index in [9.17, 15) is 0 Å². The summed E-state index contributed by atoms with van der Waals surface area (Å²) in [6.45, 7) is 3.95. The van der Waals surface area contributed by atoms with Gasteiger partial charge in [-0.2, -0.15) is 0 Å². The molecule has 0 saturated heterocycles. The van der Waals surface area contributed by atoms with Crippen molar-refractivity contribution in [3.63, 3.8) is 0 Å². The van der Waals surface area contributed by atoms with Gasteiger partial charge in [-0.3, -0.25) is 0 Å². The molecule has 3 rings (SSSR count). The molecule has 0 amide bonds. The predicted octanol–water partition coefficient (Wildman–Crippen LogP) is 4.10. The average Bonchev–Trinajstić information content (AvgIpc) is 2.91. The Labute approximate surface area is 116 Å². The summed E-state index contributed by atoms with van der Waals surface area (Å²) < 4.78 is 5.59. The minimum atomic E-state index is 0.639. The lowest BCUT2D eigenvalue weighted by Crippen LogP contribution is -2.03. The molecule has 1 atom stereocenters. The van der Waals surface area contributed by atoms with Gasteiger partial charge in [0.25, 0.3) is 5.22 Å². The van der Waals surface area contributed by atoms with Crippen molar-refractivity contribution in [2.75, 3.05) is 5.75 Å². The van der Waals surface area contributed by atoms with Crippen LogP contribution in [0.3, 0.4) is 0 Å². The Hall–Kier alpha value is -0.870. The van der Waals surface area contributed by atoms with Crippen LogP contribution in [0.1, 0.15) is 17.0 Å². The van der Waals surface area contributed by atoms with E-state index in [1.165, 1.54) is 10.5 Å². The zero-order valence-corrected chi connectivity index (χ0v) is 12.1. The van der Waals surface area contributed by atoms with E-state index in [0.717, 1.165) is 28.9 Å². The lowest BCUT2D eigenvalue weighted by Gasteiger charge is -2.04.